The Morgan fingerprint density at radius 1 is 1.38 bits per heavy atom. The van der Waals surface area contributed by atoms with Crippen molar-refractivity contribution in [2.45, 2.75) is 6.42 Å². The maximum atomic E-state index is 12.9. The van der Waals surface area contributed by atoms with E-state index in [1.54, 1.807) is 12.1 Å². The van der Waals surface area contributed by atoms with Gasteiger partial charge in [0, 0.05) is 6.42 Å². The lowest BCUT2D eigenvalue weighted by Gasteiger charge is -2.00. The summed E-state index contributed by atoms with van der Waals surface area (Å²) in [5.41, 5.74) is 0.727. The highest BCUT2D eigenvalue weighted by molar-refractivity contribution is 7.12. The van der Waals surface area contributed by atoms with Gasteiger partial charge in [0.15, 0.2) is 5.78 Å². The number of rotatable bonds is 3. The van der Waals surface area contributed by atoms with Crippen molar-refractivity contribution in [1.82, 2.24) is 0 Å². The molecule has 0 radical (unpaired) electrons. The molecule has 0 saturated heterocycles. The molecule has 2 aromatic rings. The molecule has 0 aliphatic carbocycles. The lowest BCUT2D eigenvalue weighted by molar-refractivity contribution is 0.0997. The van der Waals surface area contributed by atoms with Crippen LogP contribution in [0.2, 0.25) is 5.02 Å². The molecule has 1 aromatic carbocycles. The molecule has 0 aliphatic heterocycles. The Morgan fingerprint density at radius 3 is 2.81 bits per heavy atom. The number of thiophene rings is 1. The van der Waals surface area contributed by atoms with E-state index in [4.69, 9.17) is 11.6 Å². The number of carbonyl (C=O) groups is 1. The Balaban J connectivity index is 2.15. The average Bonchev–Trinajstić information content (AvgIpc) is 2.77. The SMILES string of the molecule is O=C(Cc1ccc(F)c(Cl)c1)c1cccs1. The molecule has 1 aromatic heterocycles. The summed E-state index contributed by atoms with van der Waals surface area (Å²) in [5, 5.41) is 1.90. The fraction of sp³-hybridized carbons (Fsp3) is 0.0833. The van der Waals surface area contributed by atoms with Gasteiger partial charge in [-0.25, -0.2) is 4.39 Å². The van der Waals surface area contributed by atoms with Crippen LogP contribution >= 0.6 is 22.9 Å². The first kappa shape index (κ1) is 11.3. The lowest BCUT2D eigenvalue weighted by atomic mass is 10.1. The van der Waals surface area contributed by atoms with E-state index in [1.807, 2.05) is 11.4 Å². The second-order valence-electron chi connectivity index (χ2n) is 3.33. The van der Waals surface area contributed by atoms with Gasteiger partial charge in [0.25, 0.3) is 0 Å². The van der Waals surface area contributed by atoms with Crippen molar-refractivity contribution in [3.8, 4) is 0 Å². The number of hydrogen-bond donors (Lipinski definition) is 0. The summed E-state index contributed by atoms with van der Waals surface area (Å²) in [6, 6.07) is 7.95. The van der Waals surface area contributed by atoms with E-state index in [0.717, 1.165) is 5.56 Å². The van der Waals surface area contributed by atoms with Crippen molar-refractivity contribution < 1.29 is 9.18 Å². The molecule has 1 heterocycles. The van der Waals surface area contributed by atoms with Crippen molar-refractivity contribution in [2.75, 3.05) is 0 Å². The molecule has 0 bridgehead atoms. The molecule has 4 heteroatoms. The number of Topliss-reactive ketones (excluding diaryl/α,β-unsaturated/α-hetero) is 1. The Kier molecular flexibility index (Phi) is 3.36. The van der Waals surface area contributed by atoms with Gasteiger partial charge in [0.1, 0.15) is 5.82 Å². The normalized spacial score (nSPS) is 10.4. The zero-order valence-corrected chi connectivity index (χ0v) is 9.82. The summed E-state index contributed by atoms with van der Waals surface area (Å²) in [6.45, 7) is 0. The predicted molar refractivity (Wildman–Crippen MR) is 63.8 cm³/mol. The Hall–Kier alpha value is -1.19. The van der Waals surface area contributed by atoms with Gasteiger partial charge in [-0.3, -0.25) is 4.79 Å². The molecule has 0 unspecified atom stereocenters. The smallest absolute Gasteiger partial charge is 0.177 e. The number of halogens is 2. The third-order valence-corrected chi connectivity index (χ3v) is 3.35. The van der Waals surface area contributed by atoms with Gasteiger partial charge in [-0.1, -0.05) is 23.7 Å². The molecular formula is C12H8ClFOS. The summed E-state index contributed by atoms with van der Waals surface area (Å²) < 4.78 is 12.9. The fourth-order valence-electron chi connectivity index (χ4n) is 1.36. The molecule has 82 valence electrons. The van der Waals surface area contributed by atoms with Crippen LogP contribution in [0.5, 0.6) is 0 Å². The zero-order valence-electron chi connectivity index (χ0n) is 8.24. The standard InChI is InChI=1S/C12H8ClFOS/c13-9-6-8(3-4-10(9)14)7-11(15)12-2-1-5-16-12/h1-6H,7H2. The molecule has 0 N–H and O–H groups in total. The molecule has 0 atom stereocenters. The maximum Gasteiger partial charge on any atom is 0.177 e. The van der Waals surface area contributed by atoms with Gasteiger partial charge in [-0.2, -0.15) is 0 Å². The molecule has 16 heavy (non-hydrogen) atoms. The molecule has 1 nitrogen and oxygen atoms in total. The van der Waals surface area contributed by atoms with E-state index in [1.165, 1.54) is 23.5 Å². The topological polar surface area (TPSA) is 17.1 Å². The number of hydrogen-bond acceptors (Lipinski definition) is 2. The quantitative estimate of drug-likeness (QED) is 0.758. The van der Waals surface area contributed by atoms with E-state index in [0.29, 0.717) is 4.88 Å². The highest BCUT2D eigenvalue weighted by Crippen LogP contribution is 2.18. The number of benzene rings is 1. The van der Waals surface area contributed by atoms with Crippen LogP contribution in [-0.4, -0.2) is 5.78 Å². The van der Waals surface area contributed by atoms with Gasteiger partial charge >= 0.3 is 0 Å². The van der Waals surface area contributed by atoms with Gasteiger partial charge in [-0.15, -0.1) is 11.3 Å². The van der Waals surface area contributed by atoms with Crippen LogP contribution in [0.15, 0.2) is 35.7 Å². The van der Waals surface area contributed by atoms with Crippen LogP contribution < -0.4 is 0 Å². The van der Waals surface area contributed by atoms with Crippen molar-refractivity contribution >= 4 is 28.7 Å². The Labute approximate surface area is 101 Å². The van der Waals surface area contributed by atoms with Crippen molar-refractivity contribution in [2.24, 2.45) is 0 Å². The van der Waals surface area contributed by atoms with Crippen LogP contribution in [0, 0.1) is 5.82 Å². The third-order valence-electron chi connectivity index (χ3n) is 2.14. The monoisotopic (exact) mass is 254 g/mol. The van der Waals surface area contributed by atoms with E-state index in [2.05, 4.69) is 0 Å². The first-order chi connectivity index (χ1) is 7.66. The summed E-state index contributed by atoms with van der Waals surface area (Å²) in [6.07, 6.45) is 0.251. The molecule has 0 aliphatic rings. The summed E-state index contributed by atoms with van der Waals surface area (Å²) in [4.78, 5) is 12.5. The second kappa shape index (κ2) is 4.76. The van der Waals surface area contributed by atoms with Crippen LogP contribution in [0.4, 0.5) is 4.39 Å². The van der Waals surface area contributed by atoms with Crippen LogP contribution in [-0.2, 0) is 6.42 Å². The Bertz CT molecular complexity index is 508. The zero-order chi connectivity index (χ0) is 11.5. The van der Waals surface area contributed by atoms with Crippen LogP contribution in [0.1, 0.15) is 15.2 Å². The van der Waals surface area contributed by atoms with Crippen molar-refractivity contribution in [3.05, 3.63) is 57.0 Å². The highest BCUT2D eigenvalue weighted by atomic mass is 35.5. The van der Waals surface area contributed by atoms with Gasteiger partial charge < -0.3 is 0 Å². The summed E-state index contributed by atoms with van der Waals surface area (Å²) in [5.74, 6) is -0.438. The molecule has 2 rings (SSSR count). The van der Waals surface area contributed by atoms with E-state index < -0.39 is 5.82 Å². The number of ketones is 1. The maximum absolute atomic E-state index is 12.9. The summed E-state index contributed by atoms with van der Waals surface area (Å²) >= 11 is 7.04. The average molecular weight is 255 g/mol. The van der Waals surface area contributed by atoms with Gasteiger partial charge in [0.05, 0.1) is 9.90 Å². The molecule has 0 spiro atoms. The minimum atomic E-state index is -0.464. The van der Waals surface area contributed by atoms with Crippen LogP contribution in [0.25, 0.3) is 0 Å². The highest BCUT2D eigenvalue weighted by Gasteiger charge is 2.09. The third kappa shape index (κ3) is 2.49. The summed E-state index contributed by atoms with van der Waals surface area (Å²) in [7, 11) is 0. The Morgan fingerprint density at radius 2 is 2.19 bits per heavy atom. The second-order valence-corrected chi connectivity index (χ2v) is 4.68. The number of carbonyl (C=O) groups excluding carboxylic acids is 1. The van der Waals surface area contributed by atoms with Crippen molar-refractivity contribution in [1.29, 1.82) is 0 Å². The lowest BCUT2D eigenvalue weighted by Crippen LogP contribution is -2.01. The van der Waals surface area contributed by atoms with Crippen molar-refractivity contribution in [3.63, 3.8) is 0 Å². The molecule has 0 fully saturated rings. The van der Waals surface area contributed by atoms with E-state index >= 15 is 0 Å². The van der Waals surface area contributed by atoms with E-state index in [-0.39, 0.29) is 17.2 Å². The molecule has 0 saturated carbocycles. The molecular weight excluding hydrogens is 247 g/mol. The first-order valence-corrected chi connectivity index (χ1v) is 5.93. The van der Waals surface area contributed by atoms with Gasteiger partial charge in [0.2, 0.25) is 0 Å². The minimum Gasteiger partial charge on any atom is -0.293 e. The first-order valence-electron chi connectivity index (χ1n) is 4.67. The minimum absolute atomic E-state index is 0.0256. The fourth-order valence-corrected chi connectivity index (χ4v) is 2.23. The predicted octanol–water partition coefficient (Wildman–Crippen LogP) is 3.97. The van der Waals surface area contributed by atoms with E-state index in [9.17, 15) is 9.18 Å². The molecule has 0 amide bonds. The van der Waals surface area contributed by atoms with Crippen LogP contribution in [0.3, 0.4) is 0 Å². The van der Waals surface area contributed by atoms with Gasteiger partial charge in [-0.05, 0) is 29.1 Å². The largest absolute Gasteiger partial charge is 0.293 e.